The highest BCUT2D eigenvalue weighted by Crippen LogP contribution is 2.64. The first kappa shape index (κ1) is 83.7. The Labute approximate surface area is 619 Å². The maximum absolute atomic E-state index is 14.7. The molecule has 105 heavy (non-hydrogen) atoms. The third kappa shape index (κ3) is 19.1. The zero-order valence-corrected chi connectivity index (χ0v) is 64.4. The predicted molar refractivity (Wildman–Crippen MR) is 386 cm³/mol. The molecule has 582 valence electrons. The van der Waals surface area contributed by atoms with Gasteiger partial charge in [-0.1, -0.05) is 78.0 Å². The van der Waals surface area contributed by atoms with Crippen LogP contribution in [0.4, 0.5) is 0 Å². The lowest BCUT2D eigenvalue weighted by Crippen LogP contribution is -2.61. The Hall–Kier alpha value is -6.96. The first-order chi connectivity index (χ1) is 49.6. The second-order valence-electron chi connectivity index (χ2n) is 31.8. The molecule has 24 heteroatoms. The lowest BCUT2D eigenvalue weighted by Gasteiger charge is -2.54. The second-order valence-corrected chi connectivity index (χ2v) is 31.8. The van der Waals surface area contributed by atoms with Gasteiger partial charge in [-0.15, -0.1) is 0 Å². The van der Waals surface area contributed by atoms with Crippen molar-refractivity contribution < 1.29 is 106 Å². The summed E-state index contributed by atoms with van der Waals surface area (Å²) in [6.07, 6.45) is 11.8. The monoisotopic (exact) mass is 1470 g/mol. The number of methoxy groups -OCH3 is 3. The van der Waals surface area contributed by atoms with Gasteiger partial charge in [-0.25, -0.2) is 9.59 Å². The molecule has 4 heterocycles. The van der Waals surface area contributed by atoms with E-state index in [0.29, 0.717) is 101 Å². The standard InChI is InChI=1S/C81H116N2O22/c1-45-23-17-16-18-24-46(2)60(98-14)40-55-31-28-51(7)81(96,105-55)75(92)76(93)83-36-22-21-25-58(83)78(95)102-61(41-59(85)47(3)38-50(6)71(89)74(99-15)70(88)49(5)37-45)48(4)39-53-29-32-54(33-30-53)101-65(86)26-19-20-27-66(87)103-63-35-34-57-67-69(62(100-52(8)84)42-79(57,63)9)80(10)64(44-97-13)104-77(94)56(43-82(11)12)68(80)73(91)72(67)90/h16-18,23-24,38,43,45,47-49,51,53-55,57-58,60-64,71,74,89,91,96H,19-22,25-37,39-42,44H2,1-15H3/b18-16+,23-17+,46-24+,50-38+,56-43+/t45-,47-,48-,49-,51-,53?,54?,55+,57?,58?,60+,61+,62-,63+,64-,71-,74+,79+,80+,81-/m1/s1. The van der Waals surface area contributed by atoms with E-state index in [1.54, 1.807) is 66.8 Å². The molecule has 0 aromatic rings. The van der Waals surface area contributed by atoms with Crippen molar-refractivity contribution in [2.45, 2.75) is 264 Å². The van der Waals surface area contributed by atoms with E-state index in [0.717, 1.165) is 5.57 Å². The van der Waals surface area contributed by atoms with E-state index in [1.807, 2.05) is 58.1 Å². The molecule has 0 radical (unpaired) electrons. The Morgan fingerprint density at radius 1 is 0.800 bits per heavy atom. The lowest BCUT2D eigenvalue weighted by molar-refractivity contribution is -0.265. The van der Waals surface area contributed by atoms with Crippen molar-refractivity contribution in [3.8, 4) is 0 Å². The Bertz CT molecular complexity index is 3460. The van der Waals surface area contributed by atoms with Gasteiger partial charge < -0.3 is 67.8 Å². The number of aliphatic hydroxyl groups is 3. The number of ether oxygens (including phenoxy) is 9. The first-order valence-corrected chi connectivity index (χ1v) is 38.0. The topological polar surface area (TPSA) is 321 Å². The van der Waals surface area contributed by atoms with Gasteiger partial charge in [0.2, 0.25) is 11.6 Å². The number of carbonyl (C=O) groups is 10. The molecule has 0 aromatic carbocycles. The molecule has 0 spiro atoms. The SMILES string of the molecule is COC[C@H]1OC(=O)/C(=C/N(C)C)C2=C(O)C(=O)C3=C([C@H](OC(C)=O)C[C@@]4(C)C3CC[C@@H]4OC(=O)CCCCC(=O)OC3CCC(C[C@@H](C)[C@@H]4CC(=O)[C@H](C)/C=C(\C)[C@@H](O)[C@@H](OC)C(=O)[C@H](C)C[C@H](C)/C=C/C=C/C=C(\C)[C@@H](OC)C[C@@H]5CC[C@@H](C)[C@@](O)(O5)C(=O)C(=O)N5CCCCC5C(=O)O4)CC3)[C@]21C. The van der Waals surface area contributed by atoms with Gasteiger partial charge in [0.25, 0.3) is 11.7 Å². The molecule has 2 unspecified atom stereocenters. The van der Waals surface area contributed by atoms with E-state index >= 15 is 0 Å². The maximum Gasteiger partial charge on any atom is 0.340 e. The lowest BCUT2D eigenvalue weighted by atomic mass is 9.53. The molecule has 0 aromatic heterocycles. The molecule has 4 aliphatic heterocycles. The molecule has 5 fully saturated rings. The van der Waals surface area contributed by atoms with Crippen LogP contribution in [0.5, 0.6) is 0 Å². The van der Waals surface area contributed by atoms with Crippen molar-refractivity contribution in [1.29, 1.82) is 0 Å². The maximum atomic E-state index is 14.7. The summed E-state index contributed by atoms with van der Waals surface area (Å²) >= 11 is 0. The predicted octanol–water partition coefficient (Wildman–Crippen LogP) is 10.0. The molecule has 2 saturated carbocycles. The average Bonchev–Trinajstić information content (AvgIpc) is 1.67. The van der Waals surface area contributed by atoms with Gasteiger partial charge in [0.1, 0.15) is 54.6 Å². The fraction of sp³-hybridized carbons (Fsp3) is 0.704. The van der Waals surface area contributed by atoms with E-state index < -0.39 is 154 Å². The summed E-state index contributed by atoms with van der Waals surface area (Å²) in [5.41, 5.74) is -0.373. The summed E-state index contributed by atoms with van der Waals surface area (Å²) in [6, 6.07) is -1.22. The summed E-state index contributed by atoms with van der Waals surface area (Å²) in [6.45, 7) is 17.4. The van der Waals surface area contributed by atoms with Crippen LogP contribution in [0.15, 0.2) is 81.9 Å². The Morgan fingerprint density at radius 3 is 2.13 bits per heavy atom. The highest BCUT2D eigenvalue weighted by Gasteiger charge is 2.65. The number of hydrogen-bond donors (Lipinski definition) is 3. The quantitative estimate of drug-likeness (QED) is 0.0323. The van der Waals surface area contributed by atoms with Crippen LogP contribution < -0.4 is 0 Å². The summed E-state index contributed by atoms with van der Waals surface area (Å²) < 4.78 is 53.9. The normalized spacial score (nSPS) is 37.4. The number of rotatable bonds is 16. The number of cyclic esters (lactones) is 2. The van der Waals surface area contributed by atoms with Crippen LogP contribution in [0.25, 0.3) is 0 Å². The molecule has 2 bridgehead atoms. The molecule has 8 aliphatic rings. The molecule has 1 amide bonds. The van der Waals surface area contributed by atoms with Crippen molar-refractivity contribution in [2.24, 2.45) is 52.3 Å². The van der Waals surface area contributed by atoms with Gasteiger partial charge >= 0.3 is 29.8 Å². The average molecular weight is 1470 g/mol. The van der Waals surface area contributed by atoms with Crippen LogP contribution in [0.3, 0.4) is 0 Å². The Morgan fingerprint density at radius 2 is 1.49 bits per heavy atom. The molecule has 3 saturated heterocycles. The van der Waals surface area contributed by atoms with Gasteiger partial charge in [-0.3, -0.25) is 38.4 Å². The number of fused-ring (bicyclic) bond motifs is 7. The molecule has 3 N–H and O–H groups in total. The van der Waals surface area contributed by atoms with Gasteiger partial charge in [-0.05, 0) is 164 Å². The number of carbonyl (C=O) groups excluding carboxylic acids is 10. The highest BCUT2D eigenvalue weighted by atomic mass is 16.6. The molecule has 4 aliphatic carbocycles. The minimum Gasteiger partial charge on any atom is -0.504 e. The van der Waals surface area contributed by atoms with Crippen LogP contribution in [-0.2, 0) is 90.6 Å². The van der Waals surface area contributed by atoms with Crippen molar-refractivity contribution in [2.75, 3.05) is 48.6 Å². The number of ketones is 4. The van der Waals surface area contributed by atoms with Crippen LogP contribution in [0, 0.1) is 52.3 Å². The second kappa shape index (κ2) is 36.3. The van der Waals surface area contributed by atoms with Crippen molar-refractivity contribution >= 4 is 58.9 Å². The van der Waals surface area contributed by atoms with Crippen LogP contribution in [0.2, 0.25) is 0 Å². The summed E-state index contributed by atoms with van der Waals surface area (Å²) in [5.74, 6) is -12.7. The number of piperidine rings is 1. The first-order valence-electron chi connectivity index (χ1n) is 38.0. The fourth-order valence-electron chi connectivity index (χ4n) is 17.6. The smallest absolute Gasteiger partial charge is 0.340 e. The minimum atomic E-state index is -2.49. The molecular weight excluding hydrogens is 1350 g/mol. The highest BCUT2D eigenvalue weighted by molar-refractivity contribution is 6.39. The molecule has 24 nitrogen and oxygen atoms in total. The van der Waals surface area contributed by atoms with Crippen molar-refractivity contribution in [3.63, 3.8) is 0 Å². The summed E-state index contributed by atoms with van der Waals surface area (Å²) in [7, 11) is 7.75. The Kier molecular flexibility index (Phi) is 28.9. The summed E-state index contributed by atoms with van der Waals surface area (Å²) in [4.78, 5) is 143. The zero-order valence-electron chi connectivity index (χ0n) is 64.4. The van der Waals surface area contributed by atoms with E-state index in [2.05, 4.69) is 0 Å². The van der Waals surface area contributed by atoms with Gasteiger partial charge in [0, 0.05) is 115 Å². The number of unbranched alkanes of at least 4 members (excludes halogenated alkanes) is 1. The van der Waals surface area contributed by atoms with Crippen LogP contribution in [0.1, 0.15) is 198 Å². The molecular formula is C81H116N2O22. The van der Waals surface area contributed by atoms with Crippen molar-refractivity contribution in [1.82, 2.24) is 9.80 Å². The number of esters is 5. The summed E-state index contributed by atoms with van der Waals surface area (Å²) in [5, 5.41) is 35.7. The third-order valence-corrected chi connectivity index (χ3v) is 23.7. The van der Waals surface area contributed by atoms with Crippen LogP contribution >= 0.6 is 0 Å². The van der Waals surface area contributed by atoms with Gasteiger partial charge in [-0.2, -0.15) is 0 Å². The largest absolute Gasteiger partial charge is 0.504 e. The Balaban J connectivity index is 0.901. The number of hydrogen-bond acceptors (Lipinski definition) is 23. The number of allylic oxidation sites excluding steroid dienone is 7. The number of aliphatic hydroxyl groups excluding tert-OH is 2. The number of Topliss-reactive ketones (excluding diaryl/α,β-unsaturated/α-hetero) is 4. The van der Waals surface area contributed by atoms with E-state index in [9.17, 15) is 63.3 Å². The molecule has 18 atom stereocenters. The van der Waals surface area contributed by atoms with Gasteiger partial charge in [0.15, 0.2) is 11.5 Å². The number of amides is 1. The third-order valence-electron chi connectivity index (χ3n) is 23.7. The van der Waals surface area contributed by atoms with Crippen LogP contribution in [-0.4, -0.2) is 199 Å². The zero-order chi connectivity index (χ0) is 77.2. The number of nitrogens with zero attached hydrogens (tertiary/aromatic N) is 2. The fourth-order valence-corrected chi connectivity index (χ4v) is 17.6. The molecule has 8 rings (SSSR count). The van der Waals surface area contributed by atoms with Crippen molar-refractivity contribution in [3.05, 3.63) is 81.9 Å². The van der Waals surface area contributed by atoms with Gasteiger partial charge in [0.05, 0.1) is 29.8 Å². The van der Waals surface area contributed by atoms with E-state index in [-0.39, 0.29) is 97.9 Å². The minimum absolute atomic E-state index is 0.0119. The van der Waals surface area contributed by atoms with E-state index in [4.69, 9.17) is 42.6 Å². The van der Waals surface area contributed by atoms with E-state index in [1.165, 1.54) is 32.2 Å².